The molecular formula is C28H40N6O6. The fourth-order valence-corrected chi connectivity index (χ4v) is 3.79. The maximum absolute atomic E-state index is 13.0. The second-order valence-electron chi connectivity index (χ2n) is 10.2. The number of carbonyl (C=O) groups is 4. The molecule has 218 valence electrons. The van der Waals surface area contributed by atoms with Crippen molar-refractivity contribution >= 4 is 23.6 Å². The van der Waals surface area contributed by atoms with Crippen molar-refractivity contribution in [2.24, 2.45) is 5.73 Å². The molecule has 3 unspecified atom stereocenters. The summed E-state index contributed by atoms with van der Waals surface area (Å²) in [7, 11) is 4.42. The van der Waals surface area contributed by atoms with Crippen molar-refractivity contribution in [3.63, 3.8) is 0 Å². The number of hydrogen-bond donors (Lipinski definition) is 5. The van der Waals surface area contributed by atoms with Gasteiger partial charge in [-0.2, -0.15) is 0 Å². The molecule has 4 amide bonds. The minimum atomic E-state index is -0.964. The maximum Gasteiger partial charge on any atom is 0.243 e. The van der Waals surface area contributed by atoms with E-state index in [0.717, 1.165) is 11.1 Å². The van der Waals surface area contributed by atoms with Gasteiger partial charge in [-0.25, -0.2) is 0 Å². The zero-order chi connectivity index (χ0) is 29.9. The Hall–Kier alpha value is -4.00. The van der Waals surface area contributed by atoms with Gasteiger partial charge in [-0.3, -0.25) is 19.2 Å². The van der Waals surface area contributed by atoms with Gasteiger partial charge in [0.15, 0.2) is 0 Å². The van der Waals surface area contributed by atoms with Crippen LogP contribution in [0.3, 0.4) is 0 Å². The van der Waals surface area contributed by atoms with Crippen molar-refractivity contribution in [3.8, 4) is 5.75 Å². The topological polar surface area (TPSA) is 177 Å². The molecule has 0 fully saturated rings. The van der Waals surface area contributed by atoms with E-state index in [1.807, 2.05) is 30.3 Å². The predicted octanol–water partition coefficient (Wildman–Crippen LogP) is -0.357. The Kier molecular flexibility index (Phi) is 12.1. The molecule has 0 aliphatic heterocycles. The number of phenols is 1. The lowest BCUT2D eigenvalue weighted by atomic mass is 10.0. The first-order chi connectivity index (χ1) is 18.8. The second-order valence-corrected chi connectivity index (χ2v) is 10.2. The third-order valence-corrected chi connectivity index (χ3v) is 6.28. The van der Waals surface area contributed by atoms with Crippen molar-refractivity contribution in [1.82, 2.24) is 20.9 Å². The number of quaternary nitrogens is 1. The van der Waals surface area contributed by atoms with Crippen LogP contribution in [0.5, 0.6) is 5.75 Å². The van der Waals surface area contributed by atoms with Gasteiger partial charge in [0.2, 0.25) is 23.6 Å². The Bertz CT molecular complexity index is 1140. The first-order valence-corrected chi connectivity index (χ1v) is 13.0. The molecule has 0 saturated heterocycles. The Morgan fingerprint density at radius 2 is 1.52 bits per heavy atom. The Balaban J connectivity index is 1.93. The van der Waals surface area contributed by atoms with Gasteiger partial charge >= 0.3 is 0 Å². The molecule has 6 N–H and O–H groups in total. The predicted molar refractivity (Wildman–Crippen MR) is 150 cm³/mol. The number of nitrogens with zero attached hydrogens (tertiary/aromatic N) is 2. The number of phenolic OH excluding ortho intramolecular Hbond substituents is 1. The molecule has 0 radical (unpaired) electrons. The number of likely N-dealkylation sites (N-methyl/N-ethyl adjacent to an activating group) is 2. The Morgan fingerprint density at radius 3 is 2.12 bits per heavy atom. The average Bonchev–Trinajstić information content (AvgIpc) is 2.90. The molecule has 40 heavy (non-hydrogen) atoms. The van der Waals surface area contributed by atoms with E-state index >= 15 is 0 Å². The van der Waals surface area contributed by atoms with E-state index in [2.05, 4.69) is 16.0 Å². The molecular weight excluding hydrogens is 516 g/mol. The van der Waals surface area contributed by atoms with Crippen LogP contribution in [0.1, 0.15) is 18.1 Å². The number of hydrogen-bond acceptors (Lipinski definition) is 7. The summed E-state index contributed by atoms with van der Waals surface area (Å²) in [6.07, 6.45) is 0.448. The second kappa shape index (κ2) is 15.0. The average molecular weight is 557 g/mol. The van der Waals surface area contributed by atoms with Crippen LogP contribution in [0.15, 0.2) is 54.6 Å². The van der Waals surface area contributed by atoms with Crippen LogP contribution in [-0.2, 0) is 32.0 Å². The van der Waals surface area contributed by atoms with Crippen LogP contribution in [0.25, 0.3) is 0 Å². The van der Waals surface area contributed by atoms with Gasteiger partial charge in [-0.15, -0.1) is 0 Å². The number of aromatic hydroxyl groups is 1. The van der Waals surface area contributed by atoms with E-state index < -0.39 is 52.9 Å². The van der Waals surface area contributed by atoms with Crippen molar-refractivity contribution in [2.45, 2.75) is 37.9 Å². The summed E-state index contributed by atoms with van der Waals surface area (Å²) in [4.78, 5) is 52.2. The molecule has 0 spiro atoms. The summed E-state index contributed by atoms with van der Waals surface area (Å²) in [6, 6.07) is 12.7. The lowest BCUT2D eigenvalue weighted by Gasteiger charge is -2.34. The van der Waals surface area contributed by atoms with E-state index in [-0.39, 0.29) is 31.7 Å². The maximum atomic E-state index is 13.0. The molecule has 2 rings (SSSR count). The molecule has 12 nitrogen and oxygen atoms in total. The van der Waals surface area contributed by atoms with Crippen LogP contribution in [0.2, 0.25) is 0 Å². The monoisotopic (exact) mass is 556 g/mol. The summed E-state index contributed by atoms with van der Waals surface area (Å²) in [5.74, 6) is -1.96. The van der Waals surface area contributed by atoms with Gasteiger partial charge in [-0.05, 0) is 36.6 Å². The van der Waals surface area contributed by atoms with E-state index in [4.69, 9.17) is 5.73 Å². The first-order valence-electron chi connectivity index (χ1n) is 13.0. The van der Waals surface area contributed by atoms with E-state index in [1.165, 1.54) is 45.1 Å². The fourth-order valence-electron chi connectivity index (χ4n) is 3.79. The zero-order valence-electron chi connectivity index (χ0n) is 23.4. The first kappa shape index (κ1) is 32.2. The SMILES string of the molecule is CC(NC(=O)C(N)Cc1ccc(O)cc1)C(=O)NCC(=O)N(C)C(Cc1ccccc1)C(=O)NCC[N+](C)(C)[O-]. The number of nitrogens with two attached hydrogens (primary N) is 1. The summed E-state index contributed by atoms with van der Waals surface area (Å²) in [6.45, 7) is 1.39. The molecule has 0 saturated carbocycles. The normalized spacial score (nSPS) is 13.4. The van der Waals surface area contributed by atoms with Gasteiger partial charge in [0.05, 0.1) is 39.8 Å². The minimum absolute atomic E-state index is 0.0990. The number of nitrogens with one attached hydrogen (secondary N) is 3. The highest BCUT2D eigenvalue weighted by molar-refractivity contribution is 5.93. The highest BCUT2D eigenvalue weighted by atomic mass is 16.5. The number of hydroxylamine groups is 3. The van der Waals surface area contributed by atoms with Crippen molar-refractivity contribution < 1.29 is 28.9 Å². The molecule has 3 atom stereocenters. The van der Waals surface area contributed by atoms with Gasteiger partial charge < -0.3 is 41.5 Å². The van der Waals surface area contributed by atoms with Crippen molar-refractivity contribution in [2.75, 3.05) is 40.8 Å². The molecule has 12 heteroatoms. The minimum Gasteiger partial charge on any atom is -0.633 e. The van der Waals surface area contributed by atoms with Crippen LogP contribution in [0, 0.1) is 5.21 Å². The standard InChI is InChI=1S/C28H40N6O6/c1-19(32-27(38)23(29)16-21-10-12-22(35)13-11-21)26(37)31-18-25(36)33(2)24(17-20-8-6-5-7-9-20)28(39)30-14-15-34(3,4)40/h5-13,19,23-24,35H,14-18,29H2,1-4H3,(H,30,39)(H,31,37)(H,32,38). The quantitative estimate of drug-likeness (QED) is 0.156. The van der Waals surface area contributed by atoms with Crippen LogP contribution in [0.4, 0.5) is 0 Å². The molecule has 2 aromatic carbocycles. The zero-order valence-corrected chi connectivity index (χ0v) is 23.4. The molecule has 0 bridgehead atoms. The smallest absolute Gasteiger partial charge is 0.243 e. The third-order valence-electron chi connectivity index (χ3n) is 6.28. The van der Waals surface area contributed by atoms with E-state index in [1.54, 1.807) is 12.1 Å². The lowest BCUT2D eigenvalue weighted by Crippen LogP contribution is -2.54. The van der Waals surface area contributed by atoms with Crippen LogP contribution < -0.4 is 21.7 Å². The van der Waals surface area contributed by atoms with E-state index in [0.29, 0.717) is 0 Å². The largest absolute Gasteiger partial charge is 0.633 e. The number of rotatable bonds is 14. The summed E-state index contributed by atoms with van der Waals surface area (Å²) >= 11 is 0. The summed E-state index contributed by atoms with van der Waals surface area (Å²) in [5, 5.41) is 29.0. The summed E-state index contributed by atoms with van der Waals surface area (Å²) in [5.41, 5.74) is 7.54. The van der Waals surface area contributed by atoms with Gasteiger partial charge in [0.25, 0.3) is 0 Å². The summed E-state index contributed by atoms with van der Waals surface area (Å²) < 4.78 is -0.569. The number of amides is 4. The van der Waals surface area contributed by atoms with Gasteiger partial charge in [0, 0.05) is 13.5 Å². The molecule has 0 aliphatic rings. The molecule has 0 aliphatic carbocycles. The van der Waals surface area contributed by atoms with Crippen LogP contribution >= 0.6 is 0 Å². The highest BCUT2D eigenvalue weighted by Crippen LogP contribution is 2.11. The van der Waals surface area contributed by atoms with Crippen LogP contribution in [-0.4, -0.2) is 97.2 Å². The molecule has 2 aromatic rings. The Morgan fingerprint density at radius 1 is 0.925 bits per heavy atom. The fraction of sp³-hybridized carbons (Fsp3) is 0.429. The van der Waals surface area contributed by atoms with Crippen molar-refractivity contribution in [3.05, 3.63) is 70.9 Å². The highest BCUT2D eigenvalue weighted by Gasteiger charge is 2.28. The van der Waals surface area contributed by atoms with Gasteiger partial charge in [0.1, 0.15) is 17.8 Å². The third kappa shape index (κ3) is 11.0. The molecule has 0 aromatic heterocycles. The van der Waals surface area contributed by atoms with Gasteiger partial charge in [-0.1, -0.05) is 42.5 Å². The lowest BCUT2D eigenvalue weighted by molar-refractivity contribution is -0.838. The molecule has 0 heterocycles. The Labute approximate surface area is 234 Å². The number of carbonyl (C=O) groups excluding carboxylic acids is 4. The van der Waals surface area contributed by atoms with E-state index in [9.17, 15) is 29.5 Å². The van der Waals surface area contributed by atoms with Crippen molar-refractivity contribution in [1.29, 1.82) is 0 Å². The number of benzene rings is 2.